The van der Waals surface area contributed by atoms with E-state index in [1.54, 1.807) is 10.6 Å². The molecule has 0 N–H and O–H groups in total. The molecule has 0 aliphatic carbocycles. The van der Waals surface area contributed by atoms with Gasteiger partial charge in [0, 0.05) is 44.1 Å². The van der Waals surface area contributed by atoms with E-state index in [9.17, 15) is 8.42 Å². The van der Waals surface area contributed by atoms with E-state index < -0.39 is 10.0 Å². The number of aromatic nitrogens is 2. The van der Waals surface area contributed by atoms with Gasteiger partial charge < -0.3 is 0 Å². The van der Waals surface area contributed by atoms with Gasteiger partial charge in [-0.15, -0.1) is 0 Å². The van der Waals surface area contributed by atoms with Gasteiger partial charge in [-0.1, -0.05) is 55.4 Å². The Morgan fingerprint density at radius 2 is 1.32 bits per heavy atom. The topological polar surface area (TPSA) is 66.4 Å². The van der Waals surface area contributed by atoms with Crippen LogP contribution >= 0.6 is 0 Å². The van der Waals surface area contributed by atoms with Crippen LogP contribution in [0.1, 0.15) is 73.8 Å². The van der Waals surface area contributed by atoms with Crippen LogP contribution in [0.25, 0.3) is 0 Å². The summed E-state index contributed by atoms with van der Waals surface area (Å²) in [7, 11) is -2.95. The standard InChI is InChI=1S/C12H19N3.C8H17NO2S.2C2H6/c1-10-3-4-15(7-11(10)2)8-12-5-13-9-14-6-12;1-7-4-5-9(6-8(7)2)12(3,10)11;2*1-2/h5-6,9-11H,3-4,7-8H2,1-2H3;7-8H,4-6H2,1-3H3;2*1-2H3. The van der Waals surface area contributed by atoms with Gasteiger partial charge in [-0.2, -0.15) is 0 Å². The summed E-state index contributed by atoms with van der Waals surface area (Å²) in [4.78, 5) is 10.6. The van der Waals surface area contributed by atoms with Gasteiger partial charge in [0.05, 0.1) is 6.26 Å². The molecule has 2 fully saturated rings. The second kappa shape index (κ2) is 15.7. The molecule has 2 aliphatic heterocycles. The van der Waals surface area contributed by atoms with E-state index >= 15 is 0 Å². The molecule has 2 aliphatic rings. The maximum absolute atomic E-state index is 11.2. The van der Waals surface area contributed by atoms with E-state index in [0.29, 0.717) is 24.9 Å². The van der Waals surface area contributed by atoms with Gasteiger partial charge >= 0.3 is 0 Å². The van der Waals surface area contributed by atoms with E-state index in [0.717, 1.165) is 24.8 Å². The lowest BCUT2D eigenvalue weighted by molar-refractivity contribution is 0.132. The Balaban J connectivity index is 0.000000510. The molecule has 0 bridgehead atoms. The summed E-state index contributed by atoms with van der Waals surface area (Å²) in [5.41, 5.74) is 1.22. The van der Waals surface area contributed by atoms with Crippen LogP contribution in [0.5, 0.6) is 0 Å². The minimum absolute atomic E-state index is 0.494. The predicted octanol–water partition coefficient (Wildman–Crippen LogP) is 4.93. The number of likely N-dealkylation sites (tertiary alicyclic amines) is 1. The van der Waals surface area contributed by atoms with Crippen molar-refractivity contribution in [3.8, 4) is 0 Å². The molecule has 1 aromatic rings. The van der Waals surface area contributed by atoms with Gasteiger partial charge in [-0.05, 0) is 43.1 Å². The lowest BCUT2D eigenvalue weighted by atomic mass is 9.88. The molecule has 0 spiro atoms. The number of rotatable bonds is 3. The van der Waals surface area contributed by atoms with Gasteiger partial charge in [0.25, 0.3) is 0 Å². The highest BCUT2D eigenvalue weighted by Crippen LogP contribution is 2.24. The summed E-state index contributed by atoms with van der Waals surface area (Å²) >= 11 is 0. The highest BCUT2D eigenvalue weighted by Gasteiger charge is 2.27. The van der Waals surface area contributed by atoms with Crippen LogP contribution in [-0.2, 0) is 16.6 Å². The maximum Gasteiger partial charge on any atom is 0.211 e. The van der Waals surface area contributed by atoms with Crippen molar-refractivity contribution in [3.05, 3.63) is 24.3 Å². The third-order valence-corrected chi connectivity index (χ3v) is 7.47. The van der Waals surface area contributed by atoms with Crippen molar-refractivity contribution in [2.24, 2.45) is 23.7 Å². The summed E-state index contributed by atoms with van der Waals surface area (Å²) in [6.07, 6.45) is 9.01. The Morgan fingerprint density at radius 1 is 0.839 bits per heavy atom. The molecule has 4 unspecified atom stereocenters. The fraction of sp³-hybridized carbons (Fsp3) is 0.833. The molecule has 0 saturated carbocycles. The molecule has 3 rings (SSSR count). The van der Waals surface area contributed by atoms with Crippen LogP contribution in [0.3, 0.4) is 0 Å². The van der Waals surface area contributed by atoms with Crippen LogP contribution in [0.4, 0.5) is 0 Å². The molecule has 0 amide bonds. The molecular weight excluding hydrogens is 408 g/mol. The molecule has 3 heterocycles. The number of nitrogens with zero attached hydrogens (tertiary/aromatic N) is 4. The Labute approximate surface area is 192 Å². The Bertz CT molecular complexity index is 669. The molecule has 182 valence electrons. The zero-order valence-electron chi connectivity index (χ0n) is 21.5. The van der Waals surface area contributed by atoms with E-state index in [1.165, 1.54) is 31.3 Å². The monoisotopic (exact) mass is 456 g/mol. The summed E-state index contributed by atoms with van der Waals surface area (Å²) in [6.45, 7) is 21.8. The highest BCUT2D eigenvalue weighted by atomic mass is 32.2. The molecule has 6 nitrogen and oxygen atoms in total. The Hall–Kier alpha value is -1.05. The fourth-order valence-electron chi connectivity index (χ4n) is 3.69. The SMILES string of the molecule is CC.CC.CC1CCN(Cc2cncnc2)CC1C.CC1CCN(S(C)(=O)=O)CC1C. The molecule has 7 heteroatoms. The molecule has 4 atom stereocenters. The lowest BCUT2D eigenvalue weighted by Gasteiger charge is -2.35. The number of hydrogen-bond donors (Lipinski definition) is 0. The van der Waals surface area contributed by atoms with Crippen molar-refractivity contribution in [3.63, 3.8) is 0 Å². The van der Waals surface area contributed by atoms with Gasteiger partial charge in [0.1, 0.15) is 6.33 Å². The summed E-state index contributed by atoms with van der Waals surface area (Å²) in [5.74, 6) is 2.83. The maximum atomic E-state index is 11.2. The fourth-order valence-corrected chi connectivity index (χ4v) is 4.63. The second-order valence-electron chi connectivity index (χ2n) is 8.59. The minimum Gasteiger partial charge on any atom is -0.299 e. The first kappa shape index (κ1) is 29.9. The third-order valence-electron chi connectivity index (χ3n) is 6.20. The van der Waals surface area contributed by atoms with E-state index in [-0.39, 0.29) is 0 Å². The first-order valence-corrected chi connectivity index (χ1v) is 13.9. The second-order valence-corrected chi connectivity index (χ2v) is 10.6. The van der Waals surface area contributed by atoms with Crippen molar-refractivity contribution >= 4 is 10.0 Å². The predicted molar refractivity (Wildman–Crippen MR) is 132 cm³/mol. The van der Waals surface area contributed by atoms with Gasteiger partial charge in [-0.25, -0.2) is 22.7 Å². The number of hydrogen-bond acceptors (Lipinski definition) is 5. The zero-order valence-corrected chi connectivity index (χ0v) is 22.3. The largest absolute Gasteiger partial charge is 0.299 e. The summed E-state index contributed by atoms with van der Waals surface area (Å²) in [6, 6.07) is 0. The zero-order chi connectivity index (χ0) is 24.0. The average molecular weight is 457 g/mol. The first-order chi connectivity index (χ1) is 14.7. The van der Waals surface area contributed by atoms with E-state index in [4.69, 9.17) is 0 Å². The van der Waals surface area contributed by atoms with Crippen molar-refractivity contribution in [1.82, 2.24) is 19.2 Å². The number of sulfonamides is 1. The molecule has 31 heavy (non-hydrogen) atoms. The molecule has 0 aromatic carbocycles. The minimum atomic E-state index is -2.95. The van der Waals surface area contributed by atoms with Crippen LogP contribution in [-0.4, -0.2) is 60.0 Å². The van der Waals surface area contributed by atoms with Crippen molar-refractivity contribution < 1.29 is 8.42 Å². The van der Waals surface area contributed by atoms with E-state index in [1.807, 2.05) is 40.1 Å². The number of piperidine rings is 2. The van der Waals surface area contributed by atoms with Crippen LogP contribution in [0.2, 0.25) is 0 Å². The smallest absolute Gasteiger partial charge is 0.211 e. The normalized spacial score (nSPS) is 26.9. The Morgan fingerprint density at radius 3 is 1.77 bits per heavy atom. The molecule has 2 saturated heterocycles. The Kier molecular flexibility index (Phi) is 15.2. The van der Waals surface area contributed by atoms with Gasteiger partial charge in [0.15, 0.2) is 0 Å². The summed E-state index contributed by atoms with van der Waals surface area (Å²) in [5, 5.41) is 0. The average Bonchev–Trinajstić information content (AvgIpc) is 2.76. The van der Waals surface area contributed by atoms with Gasteiger partial charge in [0.2, 0.25) is 10.0 Å². The van der Waals surface area contributed by atoms with Crippen LogP contribution in [0.15, 0.2) is 18.7 Å². The lowest BCUT2D eigenvalue weighted by Crippen LogP contribution is -2.41. The van der Waals surface area contributed by atoms with Crippen LogP contribution in [0, 0.1) is 23.7 Å². The quantitative estimate of drug-likeness (QED) is 0.645. The van der Waals surface area contributed by atoms with Crippen LogP contribution < -0.4 is 0 Å². The van der Waals surface area contributed by atoms with Crippen molar-refractivity contribution in [2.75, 3.05) is 32.4 Å². The molecular formula is C24H48N4O2S. The van der Waals surface area contributed by atoms with E-state index in [2.05, 4.69) is 42.6 Å². The highest BCUT2D eigenvalue weighted by molar-refractivity contribution is 7.88. The van der Waals surface area contributed by atoms with Crippen molar-refractivity contribution in [2.45, 2.75) is 74.8 Å². The summed E-state index contributed by atoms with van der Waals surface area (Å²) < 4.78 is 23.9. The third kappa shape index (κ3) is 11.4. The van der Waals surface area contributed by atoms with Crippen molar-refractivity contribution in [1.29, 1.82) is 0 Å². The molecule has 0 radical (unpaired) electrons. The molecule has 1 aromatic heterocycles. The first-order valence-electron chi connectivity index (χ1n) is 12.1. The van der Waals surface area contributed by atoms with Gasteiger partial charge in [-0.3, -0.25) is 4.90 Å².